The highest BCUT2D eigenvalue weighted by Gasteiger charge is 2.36. The summed E-state index contributed by atoms with van der Waals surface area (Å²) in [4.78, 5) is 2.43. The van der Waals surface area contributed by atoms with Crippen molar-refractivity contribution in [3.05, 3.63) is 211 Å². The van der Waals surface area contributed by atoms with Crippen molar-refractivity contribution in [2.75, 3.05) is 4.90 Å². The van der Waals surface area contributed by atoms with Gasteiger partial charge in [-0.15, -0.1) is 0 Å². The normalized spacial score (nSPS) is 12.8. The predicted octanol–water partition coefficient (Wildman–Crippen LogP) is 14.8. The van der Waals surface area contributed by atoms with Crippen LogP contribution in [0.4, 0.5) is 17.1 Å². The van der Waals surface area contributed by atoms with Crippen LogP contribution in [0.3, 0.4) is 0 Å². The minimum absolute atomic E-state index is 0.203. The third-order valence-electron chi connectivity index (χ3n) is 11.5. The van der Waals surface area contributed by atoms with E-state index in [0.717, 1.165) is 17.1 Å². The molecule has 0 heterocycles. The van der Waals surface area contributed by atoms with Crippen LogP contribution in [0.2, 0.25) is 0 Å². The summed E-state index contributed by atoms with van der Waals surface area (Å²) in [5.74, 6) is 0. The van der Waals surface area contributed by atoms with Crippen LogP contribution in [0.5, 0.6) is 0 Å². The molecule has 1 aliphatic rings. The molecule has 1 aliphatic carbocycles. The first kappa shape index (κ1) is 32.0. The first-order valence-corrected chi connectivity index (χ1v) is 18.8. The van der Waals surface area contributed by atoms with Crippen LogP contribution < -0.4 is 4.90 Å². The van der Waals surface area contributed by atoms with Crippen molar-refractivity contribution in [1.82, 2.24) is 0 Å². The molecule has 9 aromatic rings. The standard InChI is InChI=1S/C53H39N/c1-53(2)49-34-41(46-22-13-19-40-25-24-39-18-9-10-21-45(39)52(40)46)28-32-47(49)48-33-31-43(35-50(48)53)54(42-29-26-37(27-30-42)36-14-5-3-6-15-36)51-23-12-11-20-44(51)38-16-7-4-8-17-38/h3-35H,1-2H3. The fraction of sp³-hybridized carbons (Fsp3) is 0.0566. The minimum Gasteiger partial charge on any atom is -0.310 e. The summed E-state index contributed by atoms with van der Waals surface area (Å²) in [6, 6.07) is 73.3. The van der Waals surface area contributed by atoms with Gasteiger partial charge in [-0.1, -0.05) is 178 Å². The fourth-order valence-corrected chi connectivity index (χ4v) is 8.72. The average Bonchev–Trinajstić information content (AvgIpc) is 3.46. The predicted molar refractivity (Wildman–Crippen MR) is 230 cm³/mol. The second-order valence-corrected chi connectivity index (χ2v) is 14.9. The Kier molecular flexibility index (Phi) is 7.56. The third kappa shape index (κ3) is 5.24. The summed E-state index contributed by atoms with van der Waals surface area (Å²) in [5.41, 5.74) is 15.9. The molecule has 0 aromatic heterocycles. The molecule has 0 atom stereocenters. The van der Waals surface area contributed by atoms with Gasteiger partial charge in [-0.2, -0.15) is 0 Å². The number of para-hydroxylation sites is 1. The summed E-state index contributed by atoms with van der Waals surface area (Å²) in [7, 11) is 0. The van der Waals surface area contributed by atoms with E-state index in [1.807, 2.05) is 0 Å². The topological polar surface area (TPSA) is 3.24 Å². The molecular weight excluding hydrogens is 651 g/mol. The zero-order valence-electron chi connectivity index (χ0n) is 30.5. The van der Waals surface area contributed by atoms with Crippen LogP contribution in [0.15, 0.2) is 200 Å². The number of fused-ring (bicyclic) bond motifs is 6. The van der Waals surface area contributed by atoms with E-state index < -0.39 is 0 Å². The van der Waals surface area contributed by atoms with Gasteiger partial charge in [0.15, 0.2) is 0 Å². The van der Waals surface area contributed by atoms with Crippen LogP contribution in [0.1, 0.15) is 25.0 Å². The number of rotatable bonds is 6. The summed E-state index contributed by atoms with van der Waals surface area (Å²) in [6.45, 7) is 4.78. The zero-order chi connectivity index (χ0) is 36.2. The van der Waals surface area contributed by atoms with E-state index in [9.17, 15) is 0 Å². The van der Waals surface area contributed by atoms with E-state index >= 15 is 0 Å². The Hall–Kier alpha value is -6.70. The summed E-state index contributed by atoms with van der Waals surface area (Å²) < 4.78 is 0. The van der Waals surface area contributed by atoms with Crippen molar-refractivity contribution >= 4 is 38.6 Å². The molecule has 256 valence electrons. The molecule has 0 unspecified atom stereocenters. The second kappa shape index (κ2) is 12.8. The molecule has 0 spiro atoms. The third-order valence-corrected chi connectivity index (χ3v) is 11.5. The Labute approximate surface area is 317 Å². The molecule has 1 heteroatoms. The Balaban J connectivity index is 1.11. The van der Waals surface area contributed by atoms with Crippen LogP contribution in [-0.2, 0) is 5.41 Å². The number of nitrogens with zero attached hydrogens (tertiary/aromatic N) is 1. The highest BCUT2D eigenvalue weighted by Crippen LogP contribution is 2.52. The van der Waals surface area contributed by atoms with Gasteiger partial charge in [0.2, 0.25) is 0 Å². The Bertz CT molecular complexity index is 2830. The van der Waals surface area contributed by atoms with Gasteiger partial charge in [-0.05, 0) is 108 Å². The first-order chi connectivity index (χ1) is 26.5. The van der Waals surface area contributed by atoms with Crippen LogP contribution in [0.25, 0.3) is 66.1 Å². The minimum atomic E-state index is -0.203. The number of hydrogen-bond donors (Lipinski definition) is 0. The lowest BCUT2D eigenvalue weighted by molar-refractivity contribution is 0.660. The van der Waals surface area contributed by atoms with Gasteiger partial charge in [-0.25, -0.2) is 0 Å². The van der Waals surface area contributed by atoms with E-state index in [2.05, 4.69) is 219 Å². The molecule has 0 bridgehead atoms. The van der Waals surface area contributed by atoms with E-state index in [0.29, 0.717) is 0 Å². The van der Waals surface area contributed by atoms with Crippen molar-refractivity contribution in [3.63, 3.8) is 0 Å². The molecule has 0 radical (unpaired) electrons. The maximum Gasteiger partial charge on any atom is 0.0540 e. The molecule has 0 aliphatic heterocycles. The molecule has 54 heavy (non-hydrogen) atoms. The lowest BCUT2D eigenvalue weighted by Gasteiger charge is -2.30. The average molecular weight is 690 g/mol. The molecule has 0 fully saturated rings. The van der Waals surface area contributed by atoms with Crippen molar-refractivity contribution in [2.45, 2.75) is 19.3 Å². The number of anilines is 3. The van der Waals surface area contributed by atoms with Crippen molar-refractivity contribution in [1.29, 1.82) is 0 Å². The monoisotopic (exact) mass is 689 g/mol. The Morgan fingerprint density at radius 2 is 0.907 bits per heavy atom. The second-order valence-electron chi connectivity index (χ2n) is 14.9. The maximum atomic E-state index is 2.45. The largest absolute Gasteiger partial charge is 0.310 e. The molecule has 1 nitrogen and oxygen atoms in total. The number of hydrogen-bond acceptors (Lipinski definition) is 1. The highest BCUT2D eigenvalue weighted by atomic mass is 15.1. The molecule has 0 saturated heterocycles. The molecule has 0 saturated carbocycles. The quantitative estimate of drug-likeness (QED) is 0.157. The zero-order valence-corrected chi connectivity index (χ0v) is 30.5. The van der Waals surface area contributed by atoms with Gasteiger partial charge in [-0.3, -0.25) is 0 Å². The fourth-order valence-electron chi connectivity index (χ4n) is 8.72. The molecule has 9 aromatic carbocycles. The highest BCUT2D eigenvalue weighted by molar-refractivity contribution is 6.14. The van der Waals surface area contributed by atoms with Crippen molar-refractivity contribution in [2.24, 2.45) is 0 Å². The van der Waals surface area contributed by atoms with Gasteiger partial charge in [0.1, 0.15) is 0 Å². The van der Waals surface area contributed by atoms with Gasteiger partial charge in [0.25, 0.3) is 0 Å². The van der Waals surface area contributed by atoms with E-state index in [1.54, 1.807) is 0 Å². The van der Waals surface area contributed by atoms with E-state index in [4.69, 9.17) is 0 Å². The molecular formula is C53H39N. The van der Waals surface area contributed by atoms with Crippen LogP contribution >= 0.6 is 0 Å². The van der Waals surface area contributed by atoms with Crippen molar-refractivity contribution < 1.29 is 0 Å². The molecule has 0 amide bonds. The van der Waals surface area contributed by atoms with Gasteiger partial charge < -0.3 is 4.90 Å². The van der Waals surface area contributed by atoms with E-state index in [-0.39, 0.29) is 5.41 Å². The Morgan fingerprint density at radius 3 is 1.70 bits per heavy atom. The first-order valence-electron chi connectivity index (χ1n) is 18.8. The lowest BCUT2D eigenvalue weighted by atomic mass is 9.81. The SMILES string of the molecule is CC1(C)c2cc(-c3cccc4ccc5ccccc5c34)ccc2-c2ccc(N(c3ccc(-c4ccccc4)cc3)c3ccccc3-c3ccccc3)cc21. The lowest BCUT2D eigenvalue weighted by Crippen LogP contribution is -2.17. The smallest absolute Gasteiger partial charge is 0.0540 e. The van der Waals surface area contributed by atoms with Crippen LogP contribution in [0, 0.1) is 0 Å². The van der Waals surface area contributed by atoms with Gasteiger partial charge >= 0.3 is 0 Å². The van der Waals surface area contributed by atoms with Crippen molar-refractivity contribution in [3.8, 4) is 44.5 Å². The molecule has 0 N–H and O–H groups in total. The maximum absolute atomic E-state index is 2.45. The molecule has 10 rings (SSSR count). The summed E-state index contributed by atoms with van der Waals surface area (Å²) >= 11 is 0. The summed E-state index contributed by atoms with van der Waals surface area (Å²) in [5, 5.41) is 5.15. The van der Waals surface area contributed by atoms with Gasteiger partial charge in [0, 0.05) is 22.4 Å². The number of benzene rings is 9. The summed E-state index contributed by atoms with van der Waals surface area (Å²) in [6.07, 6.45) is 0. The van der Waals surface area contributed by atoms with Crippen LogP contribution in [-0.4, -0.2) is 0 Å². The Morgan fingerprint density at radius 1 is 0.352 bits per heavy atom. The van der Waals surface area contributed by atoms with Gasteiger partial charge in [0.05, 0.1) is 5.69 Å². The van der Waals surface area contributed by atoms with E-state index in [1.165, 1.54) is 77.2 Å².